The van der Waals surface area contributed by atoms with E-state index in [9.17, 15) is 9.59 Å². The van der Waals surface area contributed by atoms with Crippen molar-refractivity contribution in [1.82, 2.24) is 10.2 Å². The number of carbonyl (C=O) groups is 2. The molecule has 23 heavy (non-hydrogen) atoms. The summed E-state index contributed by atoms with van der Waals surface area (Å²) in [5.74, 6) is 0.378. The van der Waals surface area contributed by atoms with Crippen LogP contribution in [0.2, 0.25) is 0 Å². The van der Waals surface area contributed by atoms with E-state index in [1.807, 2.05) is 6.92 Å². The Morgan fingerprint density at radius 2 is 2.09 bits per heavy atom. The fourth-order valence-electron chi connectivity index (χ4n) is 1.73. The normalized spacial score (nSPS) is 10.2. The number of benzene rings is 1. The zero-order valence-corrected chi connectivity index (χ0v) is 14.5. The van der Waals surface area contributed by atoms with Crippen LogP contribution in [0.15, 0.2) is 22.5 Å². The van der Waals surface area contributed by atoms with Gasteiger partial charge in [-0.1, -0.05) is 23.1 Å². The molecule has 2 N–H and O–H groups in total. The molecule has 0 aliphatic heterocycles. The maximum absolute atomic E-state index is 12.0. The van der Waals surface area contributed by atoms with Gasteiger partial charge in [-0.15, -0.1) is 10.2 Å². The zero-order chi connectivity index (χ0) is 16.8. The average molecular weight is 352 g/mol. The van der Waals surface area contributed by atoms with Crippen LogP contribution >= 0.6 is 23.1 Å². The van der Waals surface area contributed by atoms with Crippen molar-refractivity contribution in [3.8, 4) is 5.75 Å². The van der Waals surface area contributed by atoms with Crippen LogP contribution < -0.4 is 15.4 Å². The first-order valence-electron chi connectivity index (χ1n) is 6.66. The van der Waals surface area contributed by atoms with Crippen molar-refractivity contribution < 1.29 is 14.3 Å². The number of ether oxygens (including phenoxy) is 1. The van der Waals surface area contributed by atoms with E-state index >= 15 is 0 Å². The summed E-state index contributed by atoms with van der Waals surface area (Å²) in [5, 5.41) is 14.1. The quantitative estimate of drug-likeness (QED) is 0.776. The summed E-state index contributed by atoms with van der Waals surface area (Å²) in [4.78, 5) is 23.2. The molecule has 1 heterocycles. The van der Waals surface area contributed by atoms with Crippen LogP contribution in [0.5, 0.6) is 5.75 Å². The second-order valence-electron chi connectivity index (χ2n) is 4.52. The first-order chi connectivity index (χ1) is 11.0. The summed E-state index contributed by atoms with van der Waals surface area (Å²) in [6, 6.07) is 5.04. The number of hydrogen-bond donors (Lipinski definition) is 2. The standard InChI is InChI=1S/C14H16N4O3S2/c1-8(19)15-11-6-10(4-5-12(11)21-3)16-13(20)7-22-14-18-17-9(2)23-14/h4-6H,7H2,1-3H3,(H,15,19)(H,16,20). The molecule has 0 atom stereocenters. The van der Waals surface area contributed by atoms with E-state index in [2.05, 4.69) is 20.8 Å². The highest BCUT2D eigenvalue weighted by Gasteiger charge is 2.10. The van der Waals surface area contributed by atoms with Crippen LogP contribution in [-0.2, 0) is 9.59 Å². The molecular formula is C14H16N4O3S2. The van der Waals surface area contributed by atoms with Gasteiger partial charge in [0.05, 0.1) is 18.6 Å². The third kappa shape index (κ3) is 5.22. The molecule has 7 nitrogen and oxygen atoms in total. The van der Waals surface area contributed by atoms with Crippen LogP contribution in [0.4, 0.5) is 11.4 Å². The number of carbonyl (C=O) groups excluding carboxylic acids is 2. The highest BCUT2D eigenvalue weighted by molar-refractivity contribution is 8.01. The Labute approximate surface area is 141 Å². The van der Waals surface area contributed by atoms with E-state index in [4.69, 9.17) is 4.74 Å². The molecule has 2 rings (SSSR count). The molecule has 2 amide bonds. The lowest BCUT2D eigenvalue weighted by atomic mass is 10.2. The van der Waals surface area contributed by atoms with E-state index < -0.39 is 0 Å². The van der Waals surface area contributed by atoms with Crippen molar-refractivity contribution in [1.29, 1.82) is 0 Å². The van der Waals surface area contributed by atoms with Gasteiger partial charge in [-0.05, 0) is 25.1 Å². The van der Waals surface area contributed by atoms with Crippen molar-refractivity contribution in [3.05, 3.63) is 23.2 Å². The Kier molecular flexibility index (Phi) is 5.94. The van der Waals surface area contributed by atoms with Gasteiger partial charge in [0.2, 0.25) is 11.8 Å². The molecule has 2 aromatic rings. The molecule has 122 valence electrons. The molecule has 0 saturated heterocycles. The smallest absolute Gasteiger partial charge is 0.234 e. The Morgan fingerprint density at radius 1 is 1.30 bits per heavy atom. The number of aromatic nitrogens is 2. The van der Waals surface area contributed by atoms with Gasteiger partial charge in [0.25, 0.3) is 0 Å². The molecule has 0 aliphatic carbocycles. The largest absolute Gasteiger partial charge is 0.495 e. The van der Waals surface area contributed by atoms with E-state index in [-0.39, 0.29) is 17.6 Å². The van der Waals surface area contributed by atoms with Crippen LogP contribution in [0.25, 0.3) is 0 Å². The maximum atomic E-state index is 12.0. The first kappa shape index (κ1) is 17.2. The monoisotopic (exact) mass is 352 g/mol. The van der Waals surface area contributed by atoms with Crippen LogP contribution in [0, 0.1) is 6.92 Å². The summed E-state index contributed by atoms with van der Waals surface area (Å²) in [6.45, 7) is 3.27. The lowest BCUT2D eigenvalue weighted by Gasteiger charge is -2.11. The number of anilines is 2. The molecule has 0 unspecified atom stereocenters. The number of aryl methyl sites for hydroxylation is 1. The third-order valence-corrected chi connectivity index (χ3v) is 4.60. The molecule has 0 saturated carbocycles. The van der Waals surface area contributed by atoms with Gasteiger partial charge in [-0.3, -0.25) is 9.59 Å². The highest BCUT2D eigenvalue weighted by Crippen LogP contribution is 2.28. The van der Waals surface area contributed by atoms with Gasteiger partial charge >= 0.3 is 0 Å². The van der Waals surface area contributed by atoms with Crippen molar-refractivity contribution in [2.75, 3.05) is 23.5 Å². The lowest BCUT2D eigenvalue weighted by Crippen LogP contribution is -2.14. The van der Waals surface area contributed by atoms with Gasteiger partial charge in [-0.25, -0.2) is 0 Å². The predicted molar refractivity (Wildman–Crippen MR) is 91.3 cm³/mol. The predicted octanol–water partition coefficient (Wildman–Crippen LogP) is 2.54. The second-order valence-corrected chi connectivity index (χ2v) is 6.92. The molecule has 0 bridgehead atoms. The molecule has 1 aromatic carbocycles. The van der Waals surface area contributed by atoms with Crippen molar-refractivity contribution in [2.24, 2.45) is 0 Å². The third-order valence-electron chi connectivity index (χ3n) is 2.63. The molecule has 9 heteroatoms. The van der Waals surface area contributed by atoms with Gasteiger partial charge in [0.15, 0.2) is 4.34 Å². The summed E-state index contributed by atoms with van der Waals surface area (Å²) in [6.07, 6.45) is 0. The Bertz CT molecular complexity index is 718. The van der Waals surface area contributed by atoms with E-state index in [0.717, 1.165) is 9.35 Å². The SMILES string of the molecule is COc1ccc(NC(=O)CSc2nnc(C)s2)cc1NC(C)=O. The van der Waals surface area contributed by atoms with E-state index in [1.54, 1.807) is 18.2 Å². The highest BCUT2D eigenvalue weighted by atomic mass is 32.2. The zero-order valence-electron chi connectivity index (χ0n) is 12.9. The number of rotatable bonds is 6. The molecule has 0 radical (unpaired) electrons. The minimum Gasteiger partial charge on any atom is -0.495 e. The molecule has 1 aromatic heterocycles. The summed E-state index contributed by atoms with van der Waals surface area (Å²) in [7, 11) is 1.51. The van der Waals surface area contributed by atoms with Crippen LogP contribution in [0.1, 0.15) is 11.9 Å². The first-order valence-corrected chi connectivity index (χ1v) is 8.46. The summed E-state index contributed by atoms with van der Waals surface area (Å²) >= 11 is 2.78. The van der Waals surface area contributed by atoms with Gasteiger partial charge in [0, 0.05) is 12.6 Å². The van der Waals surface area contributed by atoms with Gasteiger partial charge in [-0.2, -0.15) is 0 Å². The minimum atomic E-state index is -0.214. The van der Waals surface area contributed by atoms with Crippen LogP contribution in [-0.4, -0.2) is 34.9 Å². The number of amides is 2. The number of thioether (sulfide) groups is 1. The summed E-state index contributed by atoms with van der Waals surface area (Å²) in [5.41, 5.74) is 1.08. The number of nitrogens with one attached hydrogen (secondary N) is 2. The number of nitrogens with zero attached hydrogens (tertiary/aromatic N) is 2. The second kappa shape index (κ2) is 7.93. The van der Waals surface area contributed by atoms with Crippen molar-refractivity contribution in [2.45, 2.75) is 18.2 Å². The fourth-order valence-corrected chi connectivity index (χ4v) is 3.35. The maximum Gasteiger partial charge on any atom is 0.234 e. The molecular weight excluding hydrogens is 336 g/mol. The number of methoxy groups -OCH3 is 1. The Hall–Kier alpha value is -2.13. The van der Waals surface area contributed by atoms with E-state index in [1.165, 1.54) is 37.1 Å². The average Bonchev–Trinajstić information content (AvgIpc) is 2.90. The Balaban J connectivity index is 1.98. The van der Waals surface area contributed by atoms with E-state index in [0.29, 0.717) is 17.1 Å². The van der Waals surface area contributed by atoms with Crippen molar-refractivity contribution in [3.63, 3.8) is 0 Å². The molecule has 0 aliphatic rings. The lowest BCUT2D eigenvalue weighted by molar-refractivity contribution is -0.114. The van der Waals surface area contributed by atoms with Gasteiger partial charge < -0.3 is 15.4 Å². The van der Waals surface area contributed by atoms with Crippen LogP contribution in [0.3, 0.4) is 0 Å². The molecule has 0 spiro atoms. The van der Waals surface area contributed by atoms with Gasteiger partial charge in [0.1, 0.15) is 10.8 Å². The topological polar surface area (TPSA) is 93.2 Å². The molecule has 0 fully saturated rings. The number of hydrogen-bond acceptors (Lipinski definition) is 7. The van der Waals surface area contributed by atoms with Crippen molar-refractivity contribution >= 4 is 46.3 Å². The minimum absolute atomic E-state index is 0.165. The fraction of sp³-hybridized carbons (Fsp3) is 0.286. The summed E-state index contributed by atoms with van der Waals surface area (Å²) < 4.78 is 5.92. The Morgan fingerprint density at radius 3 is 2.70 bits per heavy atom.